The molecule has 7 heteroatoms. The van der Waals surface area contributed by atoms with Crippen LogP contribution in [0.1, 0.15) is 13.3 Å². The highest BCUT2D eigenvalue weighted by atomic mass is 35.5. The minimum absolute atomic E-state index is 0.508. The molecule has 2 aromatic carbocycles. The predicted molar refractivity (Wildman–Crippen MR) is 118 cm³/mol. The van der Waals surface area contributed by atoms with E-state index in [-0.39, 0.29) is 0 Å². The second-order valence-corrected chi connectivity index (χ2v) is 7.63. The van der Waals surface area contributed by atoms with Crippen LogP contribution >= 0.6 is 34.8 Å². The molecule has 0 amide bonds. The van der Waals surface area contributed by atoms with Crippen molar-refractivity contribution < 1.29 is 0 Å². The zero-order valence-corrected chi connectivity index (χ0v) is 17.4. The van der Waals surface area contributed by atoms with E-state index in [1.165, 1.54) is 0 Å². The normalized spacial score (nSPS) is 11.1. The summed E-state index contributed by atoms with van der Waals surface area (Å²) in [7, 11) is 0. The van der Waals surface area contributed by atoms with Crippen molar-refractivity contribution in [2.75, 3.05) is 5.32 Å². The van der Waals surface area contributed by atoms with Gasteiger partial charge in [-0.05, 0) is 48.9 Å². The lowest BCUT2D eigenvalue weighted by Gasteiger charge is -2.11. The van der Waals surface area contributed by atoms with Crippen LogP contribution in [-0.4, -0.2) is 14.5 Å². The Kier molecular flexibility index (Phi) is 5.44. The third-order valence-corrected chi connectivity index (χ3v) is 5.22. The van der Waals surface area contributed by atoms with E-state index in [0.717, 1.165) is 41.1 Å². The van der Waals surface area contributed by atoms with E-state index in [9.17, 15) is 0 Å². The number of halogens is 3. The molecule has 2 aromatic heterocycles. The Balaban J connectivity index is 1.74. The lowest BCUT2D eigenvalue weighted by Crippen LogP contribution is -2.01. The summed E-state index contributed by atoms with van der Waals surface area (Å²) < 4.78 is 2.12. The molecule has 28 heavy (non-hydrogen) atoms. The average Bonchev–Trinajstić information content (AvgIpc) is 3.05. The molecule has 0 saturated carbocycles. The number of hydrogen-bond acceptors (Lipinski definition) is 3. The average molecular weight is 432 g/mol. The van der Waals surface area contributed by atoms with Gasteiger partial charge in [0.25, 0.3) is 0 Å². The van der Waals surface area contributed by atoms with Crippen LogP contribution in [0.4, 0.5) is 11.5 Å². The molecule has 0 aliphatic heterocycles. The van der Waals surface area contributed by atoms with E-state index < -0.39 is 0 Å². The lowest BCUT2D eigenvalue weighted by atomic mass is 10.2. The van der Waals surface area contributed by atoms with Crippen LogP contribution in [-0.2, 0) is 6.54 Å². The van der Waals surface area contributed by atoms with Gasteiger partial charge >= 0.3 is 0 Å². The standard InChI is InChI=1S/C21H17Cl3N4/c1-2-10-28-19-16(23)4-3-5-18(19)27-21(28)13-11-17(24)20(25-12-13)26-15-8-6-14(22)7-9-15/h3-9,11-12H,2,10H2,1H3,(H,25,26). The first-order chi connectivity index (χ1) is 13.6. The third kappa shape index (κ3) is 3.68. The minimum atomic E-state index is 0.508. The first kappa shape index (κ1) is 19.1. The van der Waals surface area contributed by atoms with Crippen molar-refractivity contribution in [3.63, 3.8) is 0 Å². The predicted octanol–water partition coefficient (Wildman–Crippen LogP) is 7.21. The van der Waals surface area contributed by atoms with Gasteiger partial charge in [0.05, 0.1) is 21.1 Å². The molecule has 0 spiro atoms. The van der Waals surface area contributed by atoms with Gasteiger partial charge in [-0.3, -0.25) is 0 Å². The number of nitrogens with zero attached hydrogens (tertiary/aromatic N) is 3. The number of aryl methyl sites for hydroxylation is 1. The fourth-order valence-electron chi connectivity index (χ4n) is 3.13. The van der Waals surface area contributed by atoms with Crippen LogP contribution < -0.4 is 5.32 Å². The largest absolute Gasteiger partial charge is 0.339 e. The Morgan fingerprint density at radius 3 is 2.50 bits per heavy atom. The van der Waals surface area contributed by atoms with Crippen LogP contribution in [0.3, 0.4) is 0 Å². The van der Waals surface area contributed by atoms with Gasteiger partial charge in [0, 0.05) is 29.0 Å². The van der Waals surface area contributed by atoms with Gasteiger partial charge < -0.3 is 9.88 Å². The van der Waals surface area contributed by atoms with Crippen LogP contribution in [0.15, 0.2) is 54.7 Å². The van der Waals surface area contributed by atoms with E-state index in [4.69, 9.17) is 39.8 Å². The number of fused-ring (bicyclic) bond motifs is 1. The van der Waals surface area contributed by atoms with Gasteiger partial charge in [-0.2, -0.15) is 0 Å². The molecule has 142 valence electrons. The van der Waals surface area contributed by atoms with Gasteiger partial charge in [-0.25, -0.2) is 9.97 Å². The smallest absolute Gasteiger partial charge is 0.149 e. The van der Waals surface area contributed by atoms with E-state index >= 15 is 0 Å². The molecule has 0 atom stereocenters. The van der Waals surface area contributed by atoms with Gasteiger partial charge in [0.2, 0.25) is 0 Å². The van der Waals surface area contributed by atoms with Crippen molar-refractivity contribution in [2.45, 2.75) is 19.9 Å². The fraction of sp³-hybridized carbons (Fsp3) is 0.143. The Hall–Kier alpha value is -2.27. The molecule has 0 fully saturated rings. The van der Waals surface area contributed by atoms with Crippen molar-refractivity contribution >= 4 is 57.3 Å². The Bertz CT molecular complexity index is 1140. The van der Waals surface area contributed by atoms with Crippen LogP contribution in [0, 0.1) is 0 Å². The number of imidazole rings is 1. The van der Waals surface area contributed by atoms with Crippen molar-refractivity contribution in [3.05, 3.63) is 69.8 Å². The number of benzene rings is 2. The summed E-state index contributed by atoms with van der Waals surface area (Å²) in [5, 5.41) is 5.07. The fourth-order valence-corrected chi connectivity index (χ4v) is 3.74. The number of rotatable bonds is 5. The van der Waals surface area contributed by atoms with Gasteiger partial charge in [-0.1, -0.05) is 47.8 Å². The Labute approximate surface area is 178 Å². The summed E-state index contributed by atoms with van der Waals surface area (Å²) in [4.78, 5) is 9.28. The SMILES string of the molecule is CCCn1c(-c2cnc(Nc3ccc(Cl)cc3)c(Cl)c2)nc2cccc(Cl)c21. The molecule has 4 rings (SSSR count). The van der Waals surface area contributed by atoms with Gasteiger partial charge in [0.1, 0.15) is 11.6 Å². The molecule has 0 unspecified atom stereocenters. The quantitative estimate of drug-likeness (QED) is 0.363. The lowest BCUT2D eigenvalue weighted by molar-refractivity contribution is 0.704. The number of para-hydroxylation sites is 1. The second kappa shape index (κ2) is 8.00. The van der Waals surface area contributed by atoms with Gasteiger partial charge in [0.15, 0.2) is 0 Å². The zero-order valence-electron chi connectivity index (χ0n) is 15.1. The van der Waals surface area contributed by atoms with E-state index in [1.54, 1.807) is 6.20 Å². The van der Waals surface area contributed by atoms with Crippen molar-refractivity contribution in [1.29, 1.82) is 0 Å². The first-order valence-corrected chi connectivity index (χ1v) is 10.0. The third-order valence-electron chi connectivity index (χ3n) is 4.37. The first-order valence-electron chi connectivity index (χ1n) is 8.90. The second-order valence-electron chi connectivity index (χ2n) is 6.38. The van der Waals surface area contributed by atoms with Crippen LogP contribution in [0.2, 0.25) is 15.1 Å². The van der Waals surface area contributed by atoms with Crippen molar-refractivity contribution in [2.24, 2.45) is 0 Å². The highest BCUT2D eigenvalue weighted by Gasteiger charge is 2.16. The van der Waals surface area contributed by atoms with E-state index in [1.807, 2.05) is 48.5 Å². The molecule has 0 bridgehead atoms. The number of anilines is 2. The molecule has 0 radical (unpaired) electrons. The maximum Gasteiger partial charge on any atom is 0.149 e. The Morgan fingerprint density at radius 1 is 1.00 bits per heavy atom. The molecular formula is C21H17Cl3N4. The minimum Gasteiger partial charge on any atom is -0.339 e. The van der Waals surface area contributed by atoms with Crippen LogP contribution in [0.25, 0.3) is 22.4 Å². The Morgan fingerprint density at radius 2 is 1.79 bits per heavy atom. The number of hydrogen-bond donors (Lipinski definition) is 1. The maximum atomic E-state index is 6.51. The summed E-state index contributed by atoms with van der Waals surface area (Å²) in [6, 6.07) is 15.0. The molecule has 4 aromatic rings. The van der Waals surface area contributed by atoms with E-state index in [0.29, 0.717) is 20.9 Å². The van der Waals surface area contributed by atoms with Crippen LogP contribution in [0.5, 0.6) is 0 Å². The highest BCUT2D eigenvalue weighted by Crippen LogP contribution is 2.33. The summed E-state index contributed by atoms with van der Waals surface area (Å²) in [5.41, 5.74) is 3.49. The van der Waals surface area contributed by atoms with Crippen molar-refractivity contribution in [1.82, 2.24) is 14.5 Å². The molecule has 0 aliphatic rings. The molecule has 2 heterocycles. The summed E-state index contributed by atoms with van der Waals surface area (Å²) in [6.07, 6.45) is 2.73. The summed E-state index contributed by atoms with van der Waals surface area (Å²) in [6.45, 7) is 2.93. The number of pyridine rings is 1. The van der Waals surface area contributed by atoms with E-state index in [2.05, 4.69) is 21.8 Å². The molecular weight excluding hydrogens is 415 g/mol. The number of nitrogens with one attached hydrogen (secondary N) is 1. The maximum absolute atomic E-state index is 6.51. The zero-order chi connectivity index (χ0) is 19.7. The molecule has 4 nitrogen and oxygen atoms in total. The topological polar surface area (TPSA) is 42.7 Å². The summed E-state index contributed by atoms with van der Waals surface area (Å²) in [5.74, 6) is 1.38. The highest BCUT2D eigenvalue weighted by molar-refractivity contribution is 6.35. The number of aromatic nitrogens is 3. The molecule has 0 aliphatic carbocycles. The van der Waals surface area contributed by atoms with Crippen molar-refractivity contribution in [3.8, 4) is 11.4 Å². The molecule has 1 N–H and O–H groups in total. The molecule has 0 saturated heterocycles. The van der Waals surface area contributed by atoms with Gasteiger partial charge in [-0.15, -0.1) is 0 Å². The monoisotopic (exact) mass is 430 g/mol. The summed E-state index contributed by atoms with van der Waals surface area (Å²) >= 11 is 18.9.